The first kappa shape index (κ1) is 11.0. The Morgan fingerprint density at radius 1 is 1.50 bits per heavy atom. The molecule has 1 aliphatic heterocycles. The van der Waals surface area contributed by atoms with Crippen molar-refractivity contribution < 1.29 is 9.53 Å². The summed E-state index contributed by atoms with van der Waals surface area (Å²) in [6, 6.07) is 0. The van der Waals surface area contributed by atoms with E-state index >= 15 is 0 Å². The standard InChI is InChI=1S/C11H17NO2/c1-4-12-11(10(13)9(2)3)5-7-14-8-6-11/h4,12H,1-2,5-8H2,3H3. The summed E-state index contributed by atoms with van der Waals surface area (Å²) in [6.07, 6.45) is 2.95. The van der Waals surface area contributed by atoms with Crippen molar-refractivity contribution in [3.05, 3.63) is 24.9 Å². The summed E-state index contributed by atoms with van der Waals surface area (Å²) in [5.74, 6) is 0.0701. The molecule has 3 heteroatoms. The third-order valence-electron chi connectivity index (χ3n) is 2.55. The van der Waals surface area contributed by atoms with Crippen molar-refractivity contribution in [1.82, 2.24) is 5.32 Å². The van der Waals surface area contributed by atoms with Crippen LogP contribution >= 0.6 is 0 Å². The van der Waals surface area contributed by atoms with Gasteiger partial charge in [0.1, 0.15) is 5.54 Å². The summed E-state index contributed by atoms with van der Waals surface area (Å²) >= 11 is 0. The van der Waals surface area contributed by atoms with Gasteiger partial charge in [-0.2, -0.15) is 0 Å². The van der Waals surface area contributed by atoms with E-state index in [2.05, 4.69) is 18.5 Å². The van der Waals surface area contributed by atoms with Crippen LogP contribution in [0.2, 0.25) is 0 Å². The number of carbonyl (C=O) groups excluding carboxylic acids is 1. The predicted octanol–water partition coefficient (Wildman–Crippen LogP) is 1.41. The molecule has 0 bridgehead atoms. The first-order chi connectivity index (χ1) is 6.62. The summed E-state index contributed by atoms with van der Waals surface area (Å²) in [4.78, 5) is 11.9. The molecule has 1 fully saturated rings. The van der Waals surface area contributed by atoms with Crippen LogP contribution in [0.15, 0.2) is 24.9 Å². The molecule has 0 aromatic rings. The molecule has 0 atom stereocenters. The average Bonchev–Trinajstić information content (AvgIpc) is 2.18. The normalized spacial score (nSPS) is 19.8. The van der Waals surface area contributed by atoms with Crippen LogP contribution < -0.4 is 5.32 Å². The Kier molecular flexibility index (Phi) is 3.47. The Labute approximate surface area is 84.8 Å². The second-order valence-electron chi connectivity index (χ2n) is 3.65. The van der Waals surface area contributed by atoms with Crippen LogP contribution in [0.4, 0.5) is 0 Å². The molecule has 0 aromatic heterocycles. The van der Waals surface area contributed by atoms with Gasteiger partial charge in [0, 0.05) is 26.1 Å². The van der Waals surface area contributed by atoms with Crippen molar-refractivity contribution in [3.63, 3.8) is 0 Å². The quantitative estimate of drug-likeness (QED) is 0.689. The molecular formula is C11H17NO2. The van der Waals surface area contributed by atoms with E-state index in [0.29, 0.717) is 31.6 Å². The minimum Gasteiger partial charge on any atom is -0.381 e. The Balaban J connectivity index is 2.84. The Bertz CT molecular complexity index is 252. The highest BCUT2D eigenvalue weighted by Gasteiger charge is 2.38. The van der Waals surface area contributed by atoms with Gasteiger partial charge in [-0.1, -0.05) is 13.2 Å². The smallest absolute Gasteiger partial charge is 0.183 e. The van der Waals surface area contributed by atoms with Gasteiger partial charge in [-0.25, -0.2) is 0 Å². The van der Waals surface area contributed by atoms with Crippen molar-refractivity contribution in [2.24, 2.45) is 0 Å². The zero-order chi connectivity index (χ0) is 10.6. The van der Waals surface area contributed by atoms with Gasteiger partial charge >= 0.3 is 0 Å². The maximum Gasteiger partial charge on any atom is 0.183 e. The van der Waals surface area contributed by atoms with Crippen molar-refractivity contribution >= 4 is 5.78 Å². The van der Waals surface area contributed by atoms with Crippen LogP contribution in [-0.4, -0.2) is 24.5 Å². The van der Waals surface area contributed by atoms with E-state index < -0.39 is 5.54 Å². The second kappa shape index (κ2) is 4.42. The average molecular weight is 195 g/mol. The number of hydrogen-bond acceptors (Lipinski definition) is 3. The number of nitrogens with one attached hydrogen (secondary N) is 1. The lowest BCUT2D eigenvalue weighted by atomic mass is 9.83. The molecule has 0 saturated carbocycles. The van der Waals surface area contributed by atoms with Crippen LogP contribution in [0.25, 0.3) is 0 Å². The van der Waals surface area contributed by atoms with Crippen LogP contribution in [-0.2, 0) is 9.53 Å². The minimum absolute atomic E-state index is 0.0701. The van der Waals surface area contributed by atoms with E-state index in [1.54, 1.807) is 13.1 Å². The van der Waals surface area contributed by atoms with Crippen LogP contribution in [0, 0.1) is 0 Å². The molecule has 78 valence electrons. The summed E-state index contributed by atoms with van der Waals surface area (Å²) in [5.41, 5.74) is 0.0625. The summed E-state index contributed by atoms with van der Waals surface area (Å²) in [6.45, 7) is 10.3. The lowest BCUT2D eigenvalue weighted by molar-refractivity contribution is -0.124. The van der Waals surface area contributed by atoms with E-state index in [9.17, 15) is 4.79 Å². The zero-order valence-corrected chi connectivity index (χ0v) is 8.64. The Morgan fingerprint density at radius 3 is 2.50 bits per heavy atom. The highest BCUT2D eigenvalue weighted by molar-refractivity contribution is 6.01. The van der Waals surface area contributed by atoms with E-state index in [-0.39, 0.29) is 5.78 Å². The molecule has 0 spiro atoms. The fraction of sp³-hybridized carbons (Fsp3) is 0.545. The maximum atomic E-state index is 11.9. The van der Waals surface area contributed by atoms with E-state index in [1.165, 1.54) is 0 Å². The minimum atomic E-state index is -0.522. The molecule has 0 radical (unpaired) electrons. The molecular weight excluding hydrogens is 178 g/mol. The first-order valence-electron chi connectivity index (χ1n) is 4.79. The summed E-state index contributed by atoms with van der Waals surface area (Å²) in [7, 11) is 0. The molecule has 0 amide bonds. The molecule has 14 heavy (non-hydrogen) atoms. The van der Waals surface area contributed by atoms with Gasteiger partial charge in [-0.15, -0.1) is 0 Å². The number of rotatable bonds is 4. The maximum absolute atomic E-state index is 11.9. The van der Waals surface area contributed by atoms with Gasteiger partial charge in [0.2, 0.25) is 0 Å². The number of hydrogen-bond donors (Lipinski definition) is 1. The van der Waals surface area contributed by atoms with Gasteiger partial charge in [-0.05, 0) is 18.7 Å². The number of carbonyl (C=O) groups is 1. The van der Waals surface area contributed by atoms with Gasteiger partial charge in [0.25, 0.3) is 0 Å². The topological polar surface area (TPSA) is 38.3 Å². The van der Waals surface area contributed by atoms with Crippen molar-refractivity contribution in [3.8, 4) is 0 Å². The van der Waals surface area contributed by atoms with Crippen LogP contribution in [0.1, 0.15) is 19.8 Å². The third-order valence-corrected chi connectivity index (χ3v) is 2.55. The van der Waals surface area contributed by atoms with Crippen LogP contribution in [0.5, 0.6) is 0 Å². The zero-order valence-electron chi connectivity index (χ0n) is 8.64. The molecule has 0 unspecified atom stereocenters. The second-order valence-corrected chi connectivity index (χ2v) is 3.65. The van der Waals surface area contributed by atoms with E-state index in [0.717, 1.165) is 0 Å². The molecule has 1 rings (SSSR count). The highest BCUT2D eigenvalue weighted by Crippen LogP contribution is 2.24. The number of ether oxygens (including phenoxy) is 1. The largest absolute Gasteiger partial charge is 0.381 e. The summed E-state index contributed by atoms with van der Waals surface area (Å²) < 4.78 is 5.24. The monoisotopic (exact) mass is 195 g/mol. The van der Waals surface area contributed by atoms with Gasteiger partial charge in [0.05, 0.1) is 0 Å². The van der Waals surface area contributed by atoms with E-state index in [1.807, 2.05) is 0 Å². The number of ketones is 1. The molecule has 1 aliphatic rings. The number of Topliss-reactive ketones (excluding diaryl/α,β-unsaturated/α-hetero) is 1. The van der Waals surface area contributed by atoms with Gasteiger partial charge < -0.3 is 10.1 Å². The molecule has 1 N–H and O–H groups in total. The molecule has 0 aliphatic carbocycles. The van der Waals surface area contributed by atoms with Gasteiger partial charge in [-0.3, -0.25) is 4.79 Å². The molecule has 1 heterocycles. The first-order valence-corrected chi connectivity index (χ1v) is 4.79. The third kappa shape index (κ3) is 2.04. The molecule has 0 aromatic carbocycles. The Morgan fingerprint density at radius 2 is 2.07 bits per heavy atom. The van der Waals surface area contributed by atoms with Crippen molar-refractivity contribution in [2.45, 2.75) is 25.3 Å². The lowest BCUT2D eigenvalue weighted by Gasteiger charge is -2.36. The fourth-order valence-corrected chi connectivity index (χ4v) is 1.76. The van der Waals surface area contributed by atoms with Crippen molar-refractivity contribution in [2.75, 3.05) is 13.2 Å². The van der Waals surface area contributed by atoms with Crippen molar-refractivity contribution in [1.29, 1.82) is 0 Å². The lowest BCUT2D eigenvalue weighted by Crippen LogP contribution is -2.53. The summed E-state index contributed by atoms with van der Waals surface area (Å²) in [5, 5.41) is 3.05. The predicted molar refractivity (Wildman–Crippen MR) is 55.9 cm³/mol. The van der Waals surface area contributed by atoms with Gasteiger partial charge in [0.15, 0.2) is 5.78 Å². The molecule has 3 nitrogen and oxygen atoms in total. The molecule has 1 saturated heterocycles. The highest BCUT2D eigenvalue weighted by atomic mass is 16.5. The SMILES string of the molecule is C=CNC1(C(=O)C(=C)C)CCOCC1. The van der Waals surface area contributed by atoms with Crippen LogP contribution in [0.3, 0.4) is 0 Å². The fourth-order valence-electron chi connectivity index (χ4n) is 1.76. The van der Waals surface area contributed by atoms with E-state index in [4.69, 9.17) is 4.74 Å². The Hall–Kier alpha value is -1.09.